The Morgan fingerprint density at radius 1 is 0.889 bits per heavy atom. The van der Waals surface area contributed by atoms with Crippen molar-refractivity contribution in [2.24, 2.45) is 0 Å². The zero-order valence-corrected chi connectivity index (χ0v) is 9.52. The smallest absolute Gasteiger partial charge is 0.416 e. The van der Waals surface area contributed by atoms with Crippen molar-refractivity contribution in [3.8, 4) is 0 Å². The van der Waals surface area contributed by atoms with E-state index < -0.39 is 29.5 Å². The van der Waals surface area contributed by atoms with Crippen LogP contribution in [0, 0.1) is 0 Å². The summed E-state index contributed by atoms with van der Waals surface area (Å²) in [6.07, 6.45) is -9.63. The molecule has 1 nitrogen and oxygen atoms in total. The Labute approximate surface area is 99.8 Å². The van der Waals surface area contributed by atoms with E-state index in [1.807, 2.05) is 0 Å². The molecule has 0 saturated carbocycles. The van der Waals surface area contributed by atoms with Crippen LogP contribution in [0.4, 0.5) is 26.3 Å². The van der Waals surface area contributed by atoms with Gasteiger partial charge in [0.1, 0.15) is 0 Å². The SMILES string of the molecule is C[N-][C@H](C)c1cc(C(F)(F)F)cc(C(F)(F)F)c1. The zero-order valence-electron chi connectivity index (χ0n) is 9.52. The number of hydrogen-bond acceptors (Lipinski definition) is 0. The van der Waals surface area contributed by atoms with Crippen molar-refractivity contribution in [3.63, 3.8) is 0 Å². The van der Waals surface area contributed by atoms with Gasteiger partial charge in [-0.3, -0.25) is 0 Å². The number of alkyl halides is 6. The van der Waals surface area contributed by atoms with Crippen LogP contribution in [0.2, 0.25) is 0 Å². The van der Waals surface area contributed by atoms with E-state index in [1.54, 1.807) is 0 Å². The predicted molar refractivity (Wildman–Crippen MR) is 54.1 cm³/mol. The molecule has 0 unspecified atom stereocenters. The second-order valence-corrected chi connectivity index (χ2v) is 3.77. The van der Waals surface area contributed by atoms with Gasteiger partial charge in [0, 0.05) is 0 Å². The quantitative estimate of drug-likeness (QED) is 0.686. The van der Waals surface area contributed by atoms with Gasteiger partial charge in [-0.15, -0.1) is 6.04 Å². The van der Waals surface area contributed by atoms with Crippen molar-refractivity contribution in [2.75, 3.05) is 7.05 Å². The van der Waals surface area contributed by atoms with Gasteiger partial charge < -0.3 is 5.32 Å². The maximum atomic E-state index is 12.5. The largest absolute Gasteiger partial charge is 0.659 e. The minimum atomic E-state index is -4.82. The summed E-state index contributed by atoms with van der Waals surface area (Å²) in [4.78, 5) is 0. The predicted octanol–water partition coefficient (Wildman–Crippen LogP) is 4.79. The standard InChI is InChI=1S/C11H10F6N/c1-6(18-2)7-3-8(10(12,13)14)5-9(4-7)11(15,16)17/h3-6H,1-2H3/q-1/t6-/m1/s1. The molecule has 0 amide bonds. The van der Waals surface area contributed by atoms with Crippen LogP contribution >= 0.6 is 0 Å². The average molecular weight is 270 g/mol. The van der Waals surface area contributed by atoms with Gasteiger partial charge in [-0.25, -0.2) is 0 Å². The van der Waals surface area contributed by atoms with E-state index in [-0.39, 0.29) is 11.6 Å². The fraction of sp³-hybridized carbons (Fsp3) is 0.455. The average Bonchev–Trinajstić information content (AvgIpc) is 2.25. The van der Waals surface area contributed by atoms with Crippen molar-refractivity contribution in [2.45, 2.75) is 25.3 Å². The van der Waals surface area contributed by atoms with Crippen LogP contribution in [-0.4, -0.2) is 7.05 Å². The normalized spacial score (nSPS) is 14.7. The first-order chi connectivity index (χ1) is 8.05. The molecule has 0 aromatic heterocycles. The lowest BCUT2D eigenvalue weighted by atomic mass is 10.0. The number of nitrogens with zero attached hydrogens (tertiary/aromatic N) is 1. The molecule has 1 rings (SSSR count). The summed E-state index contributed by atoms with van der Waals surface area (Å²) < 4.78 is 75.0. The molecule has 0 heterocycles. The van der Waals surface area contributed by atoms with E-state index in [1.165, 1.54) is 14.0 Å². The van der Waals surface area contributed by atoms with Gasteiger partial charge in [0.2, 0.25) is 0 Å². The first-order valence-corrected chi connectivity index (χ1v) is 4.94. The Bertz CT molecular complexity index is 388. The van der Waals surface area contributed by atoms with Crippen LogP contribution in [0.3, 0.4) is 0 Å². The van der Waals surface area contributed by atoms with Gasteiger partial charge in [-0.1, -0.05) is 12.5 Å². The zero-order chi connectivity index (χ0) is 14.1. The Balaban J connectivity index is 3.39. The van der Waals surface area contributed by atoms with Crippen LogP contribution in [0.1, 0.15) is 29.7 Å². The second-order valence-electron chi connectivity index (χ2n) is 3.77. The van der Waals surface area contributed by atoms with Crippen LogP contribution < -0.4 is 0 Å². The highest BCUT2D eigenvalue weighted by Crippen LogP contribution is 2.38. The summed E-state index contributed by atoms with van der Waals surface area (Å²) >= 11 is 0. The molecule has 0 aliphatic heterocycles. The minimum absolute atomic E-state index is 0.103. The molecule has 1 aromatic carbocycles. The van der Waals surface area contributed by atoms with E-state index in [0.717, 1.165) is 0 Å². The highest BCUT2D eigenvalue weighted by molar-refractivity contribution is 5.36. The Hall–Kier alpha value is -1.24. The molecular formula is C11H10F6N-. The van der Waals surface area contributed by atoms with Gasteiger partial charge >= 0.3 is 12.4 Å². The summed E-state index contributed by atoms with van der Waals surface area (Å²) in [6, 6.07) is 0.750. The van der Waals surface area contributed by atoms with Crippen LogP contribution in [0.25, 0.3) is 5.32 Å². The minimum Gasteiger partial charge on any atom is -0.659 e. The van der Waals surface area contributed by atoms with Crippen molar-refractivity contribution in [1.82, 2.24) is 0 Å². The molecule has 0 N–H and O–H groups in total. The Morgan fingerprint density at radius 3 is 1.56 bits per heavy atom. The third-order valence-electron chi connectivity index (χ3n) is 2.48. The highest BCUT2D eigenvalue weighted by Gasteiger charge is 2.36. The summed E-state index contributed by atoms with van der Waals surface area (Å²) in [5.41, 5.74) is -2.75. The lowest BCUT2D eigenvalue weighted by Gasteiger charge is -2.25. The maximum Gasteiger partial charge on any atom is 0.416 e. The van der Waals surface area contributed by atoms with Gasteiger partial charge in [-0.2, -0.15) is 33.4 Å². The molecule has 102 valence electrons. The summed E-state index contributed by atoms with van der Waals surface area (Å²) in [5.74, 6) is 0. The van der Waals surface area contributed by atoms with E-state index in [9.17, 15) is 26.3 Å². The van der Waals surface area contributed by atoms with E-state index in [0.29, 0.717) is 12.1 Å². The summed E-state index contributed by atoms with van der Waals surface area (Å²) in [6.45, 7) is 1.43. The molecule has 0 aliphatic carbocycles. The number of hydrogen-bond donors (Lipinski definition) is 0. The molecule has 0 saturated heterocycles. The molecule has 1 aromatic rings. The van der Waals surface area contributed by atoms with E-state index in [2.05, 4.69) is 5.32 Å². The van der Waals surface area contributed by atoms with E-state index >= 15 is 0 Å². The fourth-order valence-corrected chi connectivity index (χ4v) is 1.37. The molecule has 0 spiro atoms. The third-order valence-corrected chi connectivity index (χ3v) is 2.48. The van der Waals surface area contributed by atoms with Gasteiger partial charge in [0.05, 0.1) is 11.1 Å². The molecule has 1 atom stereocenters. The Morgan fingerprint density at radius 2 is 1.28 bits per heavy atom. The molecule has 18 heavy (non-hydrogen) atoms. The molecule has 0 bridgehead atoms. The van der Waals surface area contributed by atoms with Crippen molar-refractivity contribution < 1.29 is 26.3 Å². The molecular weight excluding hydrogens is 260 g/mol. The molecule has 0 aliphatic rings. The lowest BCUT2D eigenvalue weighted by molar-refractivity contribution is -0.143. The van der Waals surface area contributed by atoms with Gasteiger partial charge in [0.25, 0.3) is 0 Å². The lowest BCUT2D eigenvalue weighted by Crippen LogP contribution is -2.12. The fourth-order valence-electron chi connectivity index (χ4n) is 1.37. The molecule has 7 heteroatoms. The Kier molecular flexibility index (Phi) is 3.95. The van der Waals surface area contributed by atoms with Crippen molar-refractivity contribution >= 4 is 0 Å². The number of benzene rings is 1. The summed E-state index contributed by atoms with van der Waals surface area (Å²) in [5, 5.41) is 3.67. The first-order valence-electron chi connectivity index (χ1n) is 4.94. The van der Waals surface area contributed by atoms with Crippen molar-refractivity contribution in [3.05, 3.63) is 40.2 Å². The van der Waals surface area contributed by atoms with Crippen LogP contribution in [0.15, 0.2) is 18.2 Å². The topological polar surface area (TPSA) is 14.1 Å². The molecule has 0 radical (unpaired) electrons. The first kappa shape index (κ1) is 14.8. The molecule has 0 fully saturated rings. The van der Waals surface area contributed by atoms with Gasteiger partial charge in [-0.05, 0) is 18.2 Å². The van der Waals surface area contributed by atoms with Crippen molar-refractivity contribution in [1.29, 1.82) is 0 Å². The van der Waals surface area contributed by atoms with Crippen LogP contribution in [0.5, 0.6) is 0 Å². The monoisotopic (exact) mass is 270 g/mol. The second kappa shape index (κ2) is 4.79. The van der Waals surface area contributed by atoms with Gasteiger partial charge in [0.15, 0.2) is 0 Å². The summed E-state index contributed by atoms with van der Waals surface area (Å²) in [7, 11) is 1.33. The van der Waals surface area contributed by atoms with E-state index in [4.69, 9.17) is 0 Å². The maximum absolute atomic E-state index is 12.5. The number of halogens is 6. The third kappa shape index (κ3) is 3.38. The number of rotatable bonds is 2. The highest BCUT2D eigenvalue weighted by atomic mass is 19.4. The van der Waals surface area contributed by atoms with Crippen LogP contribution in [-0.2, 0) is 12.4 Å².